The number of aromatic nitrogens is 3. The quantitative estimate of drug-likeness (QED) is 0.704. The fourth-order valence-electron chi connectivity index (χ4n) is 3.54. The van der Waals surface area contributed by atoms with Gasteiger partial charge in [-0.2, -0.15) is 0 Å². The summed E-state index contributed by atoms with van der Waals surface area (Å²) in [5.41, 5.74) is 5.19. The third kappa shape index (κ3) is 3.77. The average molecular weight is 361 g/mol. The van der Waals surface area contributed by atoms with Crippen molar-refractivity contribution in [2.24, 2.45) is 5.92 Å². The Kier molecular flexibility index (Phi) is 4.75. The molecule has 1 aromatic carbocycles. The van der Waals surface area contributed by atoms with Crippen LogP contribution in [0.1, 0.15) is 22.8 Å². The van der Waals surface area contributed by atoms with Gasteiger partial charge in [0.2, 0.25) is 0 Å². The van der Waals surface area contributed by atoms with Crippen LogP contribution in [0, 0.1) is 19.8 Å². The number of fused-ring (bicyclic) bond motifs is 1. The molecular weight excluding hydrogens is 338 g/mol. The summed E-state index contributed by atoms with van der Waals surface area (Å²) in [6.45, 7) is 4.68. The Morgan fingerprint density at radius 1 is 1.11 bits per heavy atom. The van der Waals surface area contributed by atoms with Crippen LogP contribution in [-0.2, 0) is 12.8 Å². The third-order valence-corrected chi connectivity index (χ3v) is 4.94. The number of ether oxygens (including phenoxy) is 2. The van der Waals surface area contributed by atoms with Crippen LogP contribution in [0.25, 0.3) is 11.3 Å². The van der Waals surface area contributed by atoms with Crippen molar-refractivity contribution in [3.8, 4) is 22.8 Å². The second kappa shape index (κ2) is 7.35. The predicted molar refractivity (Wildman–Crippen MR) is 104 cm³/mol. The van der Waals surface area contributed by atoms with Crippen LogP contribution in [0.3, 0.4) is 0 Å². The van der Waals surface area contributed by atoms with Crippen LogP contribution in [0.15, 0.2) is 42.6 Å². The van der Waals surface area contributed by atoms with Crippen molar-refractivity contribution in [2.45, 2.75) is 26.7 Å². The standard InChI is InChI=1S/C22H23N3O2/c1-14-4-7-19(15(2)24-14)20-8-9-23-22(25-20)11-16-10-17-5-6-18(26-3)12-21(17)27-13-16/h4-9,12,16H,10-11,13H2,1-3H3. The Morgan fingerprint density at radius 3 is 2.81 bits per heavy atom. The van der Waals surface area contributed by atoms with E-state index in [-0.39, 0.29) is 0 Å². The van der Waals surface area contributed by atoms with E-state index in [4.69, 9.17) is 14.5 Å². The normalized spacial score (nSPS) is 15.7. The summed E-state index contributed by atoms with van der Waals surface area (Å²) < 4.78 is 11.2. The van der Waals surface area contributed by atoms with Gasteiger partial charge in [0.25, 0.3) is 0 Å². The second-order valence-electron chi connectivity index (χ2n) is 7.00. The van der Waals surface area contributed by atoms with Gasteiger partial charge in [0.1, 0.15) is 17.3 Å². The molecule has 2 aromatic heterocycles. The van der Waals surface area contributed by atoms with E-state index in [1.165, 1.54) is 5.56 Å². The maximum atomic E-state index is 5.95. The number of aryl methyl sites for hydroxylation is 2. The molecule has 1 aliphatic rings. The van der Waals surface area contributed by atoms with Gasteiger partial charge in [0, 0.05) is 41.6 Å². The largest absolute Gasteiger partial charge is 0.497 e. The highest BCUT2D eigenvalue weighted by molar-refractivity contribution is 5.61. The van der Waals surface area contributed by atoms with Gasteiger partial charge in [-0.25, -0.2) is 9.97 Å². The van der Waals surface area contributed by atoms with Gasteiger partial charge >= 0.3 is 0 Å². The molecule has 0 saturated carbocycles. The van der Waals surface area contributed by atoms with Crippen LogP contribution in [-0.4, -0.2) is 28.7 Å². The molecule has 0 N–H and O–H groups in total. The van der Waals surface area contributed by atoms with Gasteiger partial charge in [-0.3, -0.25) is 4.98 Å². The van der Waals surface area contributed by atoms with Crippen molar-refractivity contribution in [1.29, 1.82) is 0 Å². The minimum atomic E-state index is 0.360. The second-order valence-corrected chi connectivity index (χ2v) is 7.00. The lowest BCUT2D eigenvalue weighted by Crippen LogP contribution is -2.23. The van der Waals surface area contributed by atoms with Gasteiger partial charge in [0.15, 0.2) is 0 Å². The first kappa shape index (κ1) is 17.5. The number of hydrogen-bond acceptors (Lipinski definition) is 5. The molecule has 0 radical (unpaired) electrons. The lowest BCUT2D eigenvalue weighted by Gasteiger charge is -2.25. The third-order valence-electron chi connectivity index (χ3n) is 4.94. The SMILES string of the molecule is COc1ccc2c(c1)OCC(Cc1nccc(-c3ccc(C)nc3C)n1)C2. The summed E-state index contributed by atoms with van der Waals surface area (Å²) in [6, 6.07) is 12.1. The molecule has 0 amide bonds. The molecular formula is C22H23N3O2. The molecule has 0 aliphatic carbocycles. The molecule has 1 aliphatic heterocycles. The molecule has 4 rings (SSSR count). The molecule has 27 heavy (non-hydrogen) atoms. The van der Waals surface area contributed by atoms with Gasteiger partial charge in [-0.15, -0.1) is 0 Å². The number of nitrogens with zero attached hydrogens (tertiary/aromatic N) is 3. The first-order valence-corrected chi connectivity index (χ1v) is 9.18. The van der Waals surface area contributed by atoms with E-state index in [0.29, 0.717) is 12.5 Å². The van der Waals surface area contributed by atoms with Crippen LogP contribution in [0.2, 0.25) is 0 Å². The zero-order chi connectivity index (χ0) is 18.8. The lowest BCUT2D eigenvalue weighted by molar-refractivity contribution is 0.218. The fourth-order valence-corrected chi connectivity index (χ4v) is 3.54. The van der Waals surface area contributed by atoms with Crippen LogP contribution in [0.4, 0.5) is 0 Å². The molecule has 1 unspecified atom stereocenters. The maximum Gasteiger partial charge on any atom is 0.129 e. The highest BCUT2D eigenvalue weighted by atomic mass is 16.5. The zero-order valence-electron chi connectivity index (χ0n) is 15.9. The highest BCUT2D eigenvalue weighted by Crippen LogP contribution is 2.32. The number of rotatable bonds is 4. The van der Waals surface area contributed by atoms with Crippen molar-refractivity contribution in [2.75, 3.05) is 13.7 Å². The topological polar surface area (TPSA) is 57.1 Å². The molecule has 0 bridgehead atoms. The summed E-state index contributed by atoms with van der Waals surface area (Å²) in [6.07, 6.45) is 3.58. The Balaban J connectivity index is 1.52. The Labute approximate surface area is 159 Å². The first-order valence-electron chi connectivity index (χ1n) is 9.18. The Bertz CT molecular complexity index is 972. The molecule has 1 atom stereocenters. The molecule has 5 heteroatoms. The van der Waals surface area contributed by atoms with Gasteiger partial charge in [-0.05, 0) is 50.1 Å². The van der Waals surface area contributed by atoms with E-state index in [2.05, 4.69) is 22.1 Å². The first-order chi connectivity index (χ1) is 13.1. The summed E-state index contributed by atoms with van der Waals surface area (Å²) >= 11 is 0. The van der Waals surface area contributed by atoms with Gasteiger partial charge in [0.05, 0.1) is 19.4 Å². The van der Waals surface area contributed by atoms with E-state index >= 15 is 0 Å². The smallest absolute Gasteiger partial charge is 0.129 e. The van der Waals surface area contributed by atoms with Crippen LogP contribution >= 0.6 is 0 Å². The van der Waals surface area contributed by atoms with Crippen molar-refractivity contribution < 1.29 is 9.47 Å². The summed E-state index contributed by atoms with van der Waals surface area (Å²) in [4.78, 5) is 13.8. The maximum absolute atomic E-state index is 5.95. The molecule has 138 valence electrons. The molecule has 0 saturated heterocycles. The van der Waals surface area contributed by atoms with Crippen molar-refractivity contribution in [3.63, 3.8) is 0 Å². The number of methoxy groups -OCH3 is 1. The molecule has 0 fully saturated rings. The minimum Gasteiger partial charge on any atom is -0.497 e. The van der Waals surface area contributed by atoms with E-state index in [0.717, 1.165) is 52.8 Å². The summed E-state index contributed by atoms with van der Waals surface area (Å²) in [7, 11) is 1.67. The molecule has 0 spiro atoms. The van der Waals surface area contributed by atoms with Crippen LogP contribution in [0.5, 0.6) is 11.5 Å². The van der Waals surface area contributed by atoms with Crippen molar-refractivity contribution in [3.05, 3.63) is 65.4 Å². The van der Waals surface area contributed by atoms with Gasteiger partial charge in [-0.1, -0.05) is 6.07 Å². The van der Waals surface area contributed by atoms with Crippen molar-refractivity contribution in [1.82, 2.24) is 15.0 Å². The van der Waals surface area contributed by atoms with Gasteiger partial charge < -0.3 is 9.47 Å². The van der Waals surface area contributed by atoms with Crippen LogP contribution < -0.4 is 9.47 Å². The number of hydrogen-bond donors (Lipinski definition) is 0. The van der Waals surface area contributed by atoms with E-state index in [1.807, 2.05) is 44.3 Å². The summed E-state index contributed by atoms with van der Waals surface area (Å²) in [5, 5.41) is 0. The monoisotopic (exact) mass is 361 g/mol. The zero-order valence-corrected chi connectivity index (χ0v) is 15.9. The van der Waals surface area contributed by atoms with E-state index in [1.54, 1.807) is 7.11 Å². The predicted octanol–water partition coefficient (Wildman–Crippen LogP) is 3.96. The van der Waals surface area contributed by atoms with E-state index in [9.17, 15) is 0 Å². The highest BCUT2D eigenvalue weighted by Gasteiger charge is 2.22. The average Bonchev–Trinajstić information content (AvgIpc) is 2.68. The molecule has 3 heterocycles. The fraction of sp³-hybridized carbons (Fsp3) is 0.318. The van der Waals surface area contributed by atoms with E-state index < -0.39 is 0 Å². The Morgan fingerprint density at radius 2 is 2.00 bits per heavy atom. The summed E-state index contributed by atoms with van der Waals surface area (Å²) in [5.74, 6) is 2.95. The Hall–Kier alpha value is -2.95. The number of benzene rings is 1. The molecule has 3 aromatic rings. The van der Waals surface area contributed by atoms with Crippen molar-refractivity contribution >= 4 is 0 Å². The minimum absolute atomic E-state index is 0.360. The number of pyridine rings is 1. The lowest BCUT2D eigenvalue weighted by atomic mass is 9.93. The molecule has 5 nitrogen and oxygen atoms in total.